The highest BCUT2D eigenvalue weighted by molar-refractivity contribution is 6.06. The van der Waals surface area contributed by atoms with Gasteiger partial charge in [0.15, 0.2) is 5.78 Å². The van der Waals surface area contributed by atoms with Crippen molar-refractivity contribution in [3.63, 3.8) is 0 Å². The van der Waals surface area contributed by atoms with Gasteiger partial charge in [0.05, 0.1) is 12.7 Å². The van der Waals surface area contributed by atoms with Gasteiger partial charge in [0, 0.05) is 11.1 Å². The van der Waals surface area contributed by atoms with Crippen LogP contribution in [0.25, 0.3) is 17.4 Å². The van der Waals surface area contributed by atoms with Crippen molar-refractivity contribution in [1.29, 1.82) is 0 Å². The minimum atomic E-state index is -0.401. The molecule has 4 nitrogen and oxygen atoms in total. The van der Waals surface area contributed by atoms with Crippen molar-refractivity contribution < 1.29 is 18.7 Å². The molecule has 0 aliphatic heterocycles. The lowest BCUT2D eigenvalue weighted by Gasteiger charge is -2.01. The van der Waals surface area contributed by atoms with Gasteiger partial charge >= 0.3 is 5.97 Å². The second-order valence-corrected chi connectivity index (χ2v) is 5.34. The zero-order valence-corrected chi connectivity index (χ0v) is 13.6. The van der Waals surface area contributed by atoms with Crippen LogP contribution in [0, 0.1) is 0 Å². The molecular weight excluding hydrogens is 316 g/mol. The van der Waals surface area contributed by atoms with Gasteiger partial charge in [0.2, 0.25) is 0 Å². The van der Waals surface area contributed by atoms with Crippen LogP contribution in [-0.2, 0) is 4.74 Å². The average Bonchev–Trinajstić information content (AvgIpc) is 3.15. The number of rotatable bonds is 5. The molecule has 0 aliphatic carbocycles. The topological polar surface area (TPSA) is 56.5 Å². The summed E-state index contributed by atoms with van der Waals surface area (Å²) in [5.74, 6) is 0.675. The number of allylic oxidation sites excluding steroid dienone is 1. The molecule has 2 aromatic carbocycles. The highest BCUT2D eigenvalue weighted by Crippen LogP contribution is 2.24. The first-order chi connectivity index (χ1) is 12.2. The molecule has 0 bridgehead atoms. The Balaban J connectivity index is 1.78. The number of furan rings is 1. The normalized spacial score (nSPS) is 10.8. The molecule has 0 spiro atoms. The first kappa shape index (κ1) is 16.5. The highest BCUT2D eigenvalue weighted by Gasteiger charge is 2.09. The van der Waals surface area contributed by atoms with Gasteiger partial charge in [-0.2, -0.15) is 0 Å². The molecular formula is C21H16O4. The van der Waals surface area contributed by atoms with Crippen LogP contribution in [-0.4, -0.2) is 18.9 Å². The molecule has 1 heterocycles. The lowest BCUT2D eigenvalue weighted by molar-refractivity contribution is 0.0600. The van der Waals surface area contributed by atoms with Gasteiger partial charge in [-0.05, 0) is 36.4 Å². The van der Waals surface area contributed by atoms with Crippen LogP contribution in [0.2, 0.25) is 0 Å². The maximum atomic E-state index is 12.1. The fourth-order valence-corrected chi connectivity index (χ4v) is 2.37. The Hall–Kier alpha value is -3.40. The number of methoxy groups -OCH3 is 1. The van der Waals surface area contributed by atoms with Crippen molar-refractivity contribution >= 4 is 17.8 Å². The lowest BCUT2D eigenvalue weighted by Crippen LogP contribution is -2.00. The number of hydrogen-bond donors (Lipinski definition) is 0. The van der Waals surface area contributed by atoms with Gasteiger partial charge < -0.3 is 9.15 Å². The van der Waals surface area contributed by atoms with Crippen LogP contribution < -0.4 is 0 Å². The molecule has 0 N–H and O–H groups in total. The van der Waals surface area contributed by atoms with E-state index in [-0.39, 0.29) is 5.78 Å². The van der Waals surface area contributed by atoms with E-state index in [9.17, 15) is 9.59 Å². The molecule has 0 amide bonds. The Kier molecular flexibility index (Phi) is 4.90. The fourth-order valence-electron chi connectivity index (χ4n) is 2.37. The Bertz CT molecular complexity index is 920. The zero-order chi connectivity index (χ0) is 17.6. The summed E-state index contributed by atoms with van der Waals surface area (Å²) in [7, 11) is 1.34. The molecule has 1 aromatic heterocycles. The maximum Gasteiger partial charge on any atom is 0.337 e. The first-order valence-electron chi connectivity index (χ1n) is 7.73. The summed E-state index contributed by atoms with van der Waals surface area (Å²) >= 11 is 0. The van der Waals surface area contributed by atoms with Crippen LogP contribution in [0.3, 0.4) is 0 Å². The van der Waals surface area contributed by atoms with Crippen molar-refractivity contribution in [2.75, 3.05) is 7.11 Å². The van der Waals surface area contributed by atoms with E-state index in [1.165, 1.54) is 13.2 Å². The minimum Gasteiger partial charge on any atom is -0.465 e. The number of ketones is 1. The van der Waals surface area contributed by atoms with Crippen molar-refractivity contribution in [2.45, 2.75) is 0 Å². The van der Waals surface area contributed by atoms with Gasteiger partial charge in [-0.15, -0.1) is 0 Å². The van der Waals surface area contributed by atoms with E-state index in [2.05, 4.69) is 0 Å². The van der Waals surface area contributed by atoms with E-state index in [1.807, 2.05) is 24.3 Å². The SMILES string of the molecule is COC(=O)c1cccc(-c2ccc(/C=C/C(=O)c3ccccc3)o2)c1. The molecule has 0 fully saturated rings. The Labute approximate surface area is 145 Å². The summed E-state index contributed by atoms with van der Waals surface area (Å²) in [5.41, 5.74) is 1.83. The number of carbonyl (C=O) groups excluding carboxylic acids is 2. The number of esters is 1. The van der Waals surface area contributed by atoms with Crippen LogP contribution in [0.5, 0.6) is 0 Å². The molecule has 3 aromatic rings. The van der Waals surface area contributed by atoms with E-state index in [0.717, 1.165) is 5.56 Å². The molecule has 0 unspecified atom stereocenters. The molecule has 0 radical (unpaired) electrons. The van der Waals surface area contributed by atoms with Gasteiger partial charge in [0.1, 0.15) is 11.5 Å². The van der Waals surface area contributed by atoms with Gasteiger partial charge in [-0.1, -0.05) is 42.5 Å². The van der Waals surface area contributed by atoms with Crippen LogP contribution in [0.15, 0.2) is 77.2 Å². The lowest BCUT2D eigenvalue weighted by atomic mass is 10.1. The Morgan fingerprint density at radius 3 is 2.44 bits per heavy atom. The van der Waals surface area contributed by atoms with E-state index in [4.69, 9.17) is 9.15 Å². The molecule has 124 valence electrons. The second kappa shape index (κ2) is 7.45. The summed E-state index contributed by atoms with van der Waals surface area (Å²) in [6.07, 6.45) is 3.10. The predicted molar refractivity (Wildman–Crippen MR) is 95.3 cm³/mol. The van der Waals surface area contributed by atoms with Crippen molar-refractivity contribution in [1.82, 2.24) is 0 Å². The third-order valence-corrected chi connectivity index (χ3v) is 3.65. The molecule has 0 atom stereocenters. The number of hydrogen-bond acceptors (Lipinski definition) is 4. The van der Waals surface area contributed by atoms with Crippen molar-refractivity contribution in [3.05, 3.63) is 89.7 Å². The van der Waals surface area contributed by atoms with E-state index < -0.39 is 5.97 Å². The highest BCUT2D eigenvalue weighted by atomic mass is 16.5. The molecule has 0 saturated heterocycles. The third-order valence-electron chi connectivity index (χ3n) is 3.65. The zero-order valence-electron chi connectivity index (χ0n) is 13.6. The fraction of sp³-hybridized carbons (Fsp3) is 0.0476. The van der Waals surface area contributed by atoms with Gasteiger partial charge in [-0.3, -0.25) is 4.79 Å². The first-order valence-corrected chi connectivity index (χ1v) is 7.73. The molecule has 4 heteroatoms. The molecule has 3 rings (SSSR count). The summed E-state index contributed by atoms with van der Waals surface area (Å²) in [6, 6.07) is 19.6. The van der Waals surface area contributed by atoms with Crippen LogP contribution >= 0.6 is 0 Å². The standard InChI is InChI=1S/C21H16O4/c1-24-21(23)17-9-5-8-16(14-17)20-13-11-18(25-20)10-12-19(22)15-6-3-2-4-7-15/h2-14H,1H3/b12-10+. The quantitative estimate of drug-likeness (QED) is 0.388. The summed E-state index contributed by atoms with van der Waals surface area (Å²) < 4.78 is 10.5. The molecule has 25 heavy (non-hydrogen) atoms. The monoisotopic (exact) mass is 332 g/mol. The van der Waals surface area contributed by atoms with Gasteiger partial charge in [0.25, 0.3) is 0 Å². The number of benzene rings is 2. The number of ether oxygens (including phenoxy) is 1. The molecule has 0 saturated carbocycles. The maximum absolute atomic E-state index is 12.1. The second-order valence-electron chi connectivity index (χ2n) is 5.34. The summed E-state index contributed by atoms with van der Waals surface area (Å²) in [5, 5.41) is 0. The average molecular weight is 332 g/mol. The smallest absolute Gasteiger partial charge is 0.337 e. The summed E-state index contributed by atoms with van der Waals surface area (Å²) in [4.78, 5) is 23.7. The minimum absolute atomic E-state index is 0.0914. The third kappa shape index (κ3) is 3.93. The Morgan fingerprint density at radius 1 is 0.920 bits per heavy atom. The predicted octanol–water partition coefficient (Wildman–Crippen LogP) is 4.63. The Morgan fingerprint density at radius 2 is 1.68 bits per heavy atom. The van der Waals surface area contributed by atoms with Crippen LogP contribution in [0.1, 0.15) is 26.5 Å². The van der Waals surface area contributed by atoms with Crippen molar-refractivity contribution in [2.24, 2.45) is 0 Å². The van der Waals surface area contributed by atoms with Gasteiger partial charge in [-0.25, -0.2) is 4.79 Å². The summed E-state index contributed by atoms with van der Waals surface area (Å²) in [6.45, 7) is 0. The largest absolute Gasteiger partial charge is 0.465 e. The van der Waals surface area contributed by atoms with E-state index in [1.54, 1.807) is 48.5 Å². The molecule has 0 aliphatic rings. The van der Waals surface area contributed by atoms with Crippen LogP contribution in [0.4, 0.5) is 0 Å². The van der Waals surface area contributed by atoms with Crippen molar-refractivity contribution in [3.8, 4) is 11.3 Å². The van der Waals surface area contributed by atoms with E-state index >= 15 is 0 Å². The van der Waals surface area contributed by atoms with E-state index in [0.29, 0.717) is 22.6 Å². The number of carbonyl (C=O) groups is 2.